The number of nitrogens with two attached hydrogens (primary N) is 1. The van der Waals surface area contributed by atoms with Gasteiger partial charge in [0.1, 0.15) is 0 Å². The van der Waals surface area contributed by atoms with E-state index >= 15 is 0 Å². The Kier molecular flexibility index (Phi) is 2.58. The molecule has 96 valence electrons. The fourth-order valence-corrected chi connectivity index (χ4v) is 3.42. The molecule has 1 aliphatic carbocycles. The van der Waals surface area contributed by atoms with E-state index in [1.807, 2.05) is 0 Å². The monoisotopic (exact) mass is 243 g/mol. The summed E-state index contributed by atoms with van der Waals surface area (Å²) in [5.41, 5.74) is 10.4. The quantitative estimate of drug-likeness (QED) is 0.865. The fourth-order valence-electron chi connectivity index (χ4n) is 3.42. The Morgan fingerprint density at radius 1 is 1.44 bits per heavy atom. The fraction of sp³-hybridized carbons (Fsp3) is 0.533. The first kappa shape index (κ1) is 11.6. The molecule has 3 rings (SSSR count). The van der Waals surface area contributed by atoms with Crippen molar-refractivity contribution in [1.29, 1.82) is 0 Å². The first-order valence-corrected chi connectivity index (χ1v) is 6.85. The first-order chi connectivity index (χ1) is 8.67. The number of guanidine groups is 1. The van der Waals surface area contributed by atoms with Gasteiger partial charge in [-0.25, -0.2) is 0 Å². The molecule has 3 heteroatoms. The van der Waals surface area contributed by atoms with Crippen LogP contribution in [0, 0.1) is 6.92 Å². The van der Waals surface area contributed by atoms with Crippen LogP contribution in [0.25, 0.3) is 0 Å². The largest absolute Gasteiger partial charge is 0.370 e. The molecule has 1 heterocycles. The van der Waals surface area contributed by atoms with E-state index < -0.39 is 0 Å². The second-order valence-corrected chi connectivity index (χ2v) is 5.52. The van der Waals surface area contributed by atoms with Crippen LogP contribution < -0.4 is 5.73 Å². The summed E-state index contributed by atoms with van der Waals surface area (Å²) in [5, 5.41) is 0. The average molecular weight is 243 g/mol. The van der Waals surface area contributed by atoms with Crippen LogP contribution in [0.4, 0.5) is 0 Å². The molecule has 0 amide bonds. The highest BCUT2D eigenvalue weighted by Crippen LogP contribution is 2.44. The molecule has 1 aliphatic heterocycles. The van der Waals surface area contributed by atoms with Crippen LogP contribution in [0.2, 0.25) is 0 Å². The molecule has 2 N–H and O–H groups in total. The minimum atomic E-state index is 0.0570. The highest BCUT2D eigenvalue weighted by atomic mass is 15.4. The van der Waals surface area contributed by atoms with Gasteiger partial charge in [0.2, 0.25) is 0 Å². The van der Waals surface area contributed by atoms with Gasteiger partial charge in [0.05, 0.1) is 12.1 Å². The zero-order valence-electron chi connectivity index (χ0n) is 11.2. The van der Waals surface area contributed by atoms with Crippen LogP contribution >= 0.6 is 0 Å². The Bertz CT molecular complexity index is 506. The Morgan fingerprint density at radius 2 is 2.28 bits per heavy atom. The number of hydrogen-bond donors (Lipinski definition) is 1. The van der Waals surface area contributed by atoms with E-state index in [1.165, 1.54) is 16.7 Å². The minimum Gasteiger partial charge on any atom is -0.370 e. The van der Waals surface area contributed by atoms with Crippen molar-refractivity contribution >= 4 is 5.96 Å². The number of aryl methyl sites for hydroxylation is 2. The molecule has 3 nitrogen and oxygen atoms in total. The van der Waals surface area contributed by atoms with Crippen molar-refractivity contribution in [2.75, 3.05) is 13.1 Å². The van der Waals surface area contributed by atoms with Crippen LogP contribution in [0.15, 0.2) is 23.2 Å². The zero-order chi connectivity index (χ0) is 12.8. The zero-order valence-corrected chi connectivity index (χ0v) is 11.2. The van der Waals surface area contributed by atoms with Gasteiger partial charge in [-0.05, 0) is 37.3 Å². The Morgan fingerprint density at radius 3 is 3.06 bits per heavy atom. The van der Waals surface area contributed by atoms with Crippen molar-refractivity contribution in [3.63, 3.8) is 0 Å². The summed E-state index contributed by atoms with van der Waals surface area (Å²) in [4.78, 5) is 6.85. The SMILES string of the molecule is CCCN1C(N)=NCC12CCc1ccc(C)cc12. The number of hydrogen-bond acceptors (Lipinski definition) is 3. The lowest BCUT2D eigenvalue weighted by atomic mass is 9.89. The first-order valence-electron chi connectivity index (χ1n) is 6.85. The van der Waals surface area contributed by atoms with Crippen molar-refractivity contribution in [2.45, 2.75) is 38.6 Å². The van der Waals surface area contributed by atoms with Gasteiger partial charge < -0.3 is 10.6 Å². The van der Waals surface area contributed by atoms with E-state index in [1.54, 1.807) is 0 Å². The molecule has 0 radical (unpaired) electrons. The second kappa shape index (κ2) is 4.01. The van der Waals surface area contributed by atoms with Gasteiger partial charge in [-0.2, -0.15) is 0 Å². The van der Waals surface area contributed by atoms with E-state index in [4.69, 9.17) is 5.73 Å². The van der Waals surface area contributed by atoms with Crippen LogP contribution in [-0.4, -0.2) is 23.9 Å². The number of aliphatic imine (C=N–C) groups is 1. The topological polar surface area (TPSA) is 41.6 Å². The van der Waals surface area contributed by atoms with E-state index in [-0.39, 0.29) is 5.54 Å². The third kappa shape index (κ3) is 1.46. The molecular weight excluding hydrogens is 222 g/mol. The van der Waals surface area contributed by atoms with Gasteiger partial charge in [0, 0.05) is 6.54 Å². The molecule has 1 aromatic carbocycles. The molecular formula is C15H21N3. The van der Waals surface area contributed by atoms with Gasteiger partial charge in [0.25, 0.3) is 0 Å². The summed E-state index contributed by atoms with van der Waals surface area (Å²) in [7, 11) is 0. The van der Waals surface area contributed by atoms with Crippen LogP contribution in [0.5, 0.6) is 0 Å². The molecule has 0 fully saturated rings. The maximum atomic E-state index is 6.09. The predicted molar refractivity (Wildman–Crippen MR) is 74.7 cm³/mol. The van der Waals surface area contributed by atoms with Crippen molar-refractivity contribution in [3.8, 4) is 0 Å². The number of fused-ring (bicyclic) bond motifs is 2. The van der Waals surface area contributed by atoms with Gasteiger partial charge in [-0.3, -0.25) is 4.99 Å². The van der Waals surface area contributed by atoms with E-state index in [9.17, 15) is 0 Å². The summed E-state index contributed by atoms with van der Waals surface area (Å²) in [6, 6.07) is 6.82. The molecule has 2 aliphatic rings. The van der Waals surface area contributed by atoms with E-state index in [0.29, 0.717) is 0 Å². The molecule has 1 unspecified atom stereocenters. The molecule has 1 aromatic rings. The summed E-state index contributed by atoms with van der Waals surface area (Å²) in [5.74, 6) is 0.728. The van der Waals surface area contributed by atoms with Crippen molar-refractivity contribution in [2.24, 2.45) is 10.7 Å². The average Bonchev–Trinajstić information content (AvgIpc) is 2.87. The molecule has 1 spiro atoms. The maximum absolute atomic E-state index is 6.09. The van der Waals surface area contributed by atoms with Crippen LogP contribution in [-0.2, 0) is 12.0 Å². The summed E-state index contributed by atoms with van der Waals surface area (Å²) < 4.78 is 0. The van der Waals surface area contributed by atoms with E-state index in [0.717, 1.165) is 38.3 Å². The van der Waals surface area contributed by atoms with Gasteiger partial charge in [-0.15, -0.1) is 0 Å². The molecule has 0 aromatic heterocycles. The summed E-state index contributed by atoms with van der Waals surface area (Å²) in [6.07, 6.45) is 3.41. The van der Waals surface area contributed by atoms with Crippen molar-refractivity contribution in [3.05, 3.63) is 34.9 Å². The molecule has 0 saturated carbocycles. The molecule has 0 saturated heterocycles. The summed E-state index contributed by atoms with van der Waals surface area (Å²) in [6.45, 7) is 6.19. The third-order valence-electron chi connectivity index (χ3n) is 4.32. The predicted octanol–water partition coefficient (Wildman–Crippen LogP) is 2.18. The van der Waals surface area contributed by atoms with Crippen LogP contribution in [0.1, 0.15) is 36.5 Å². The Labute approximate surface area is 109 Å². The standard InChI is InChI=1S/C15H21N3/c1-3-8-18-14(16)17-10-15(18)7-6-12-5-4-11(2)9-13(12)15/h4-5,9H,3,6-8,10H2,1-2H3,(H2,16,17). The Balaban J connectivity index is 2.06. The normalized spacial score (nSPS) is 25.7. The second-order valence-electron chi connectivity index (χ2n) is 5.52. The van der Waals surface area contributed by atoms with Crippen molar-refractivity contribution < 1.29 is 0 Å². The third-order valence-corrected chi connectivity index (χ3v) is 4.32. The minimum absolute atomic E-state index is 0.0570. The van der Waals surface area contributed by atoms with Crippen LogP contribution in [0.3, 0.4) is 0 Å². The van der Waals surface area contributed by atoms with Gasteiger partial charge >= 0.3 is 0 Å². The summed E-state index contributed by atoms with van der Waals surface area (Å²) >= 11 is 0. The lowest BCUT2D eigenvalue weighted by molar-refractivity contribution is 0.201. The lowest BCUT2D eigenvalue weighted by Crippen LogP contribution is -2.48. The lowest BCUT2D eigenvalue weighted by Gasteiger charge is -2.37. The maximum Gasteiger partial charge on any atom is 0.192 e. The highest BCUT2D eigenvalue weighted by molar-refractivity contribution is 5.81. The number of nitrogens with zero attached hydrogens (tertiary/aromatic N) is 2. The highest BCUT2D eigenvalue weighted by Gasteiger charge is 2.47. The van der Waals surface area contributed by atoms with E-state index in [2.05, 4.69) is 41.9 Å². The number of benzene rings is 1. The van der Waals surface area contributed by atoms with Gasteiger partial charge in [-0.1, -0.05) is 30.7 Å². The molecule has 18 heavy (non-hydrogen) atoms. The number of rotatable bonds is 2. The Hall–Kier alpha value is -1.51. The molecule has 1 atom stereocenters. The smallest absolute Gasteiger partial charge is 0.192 e. The van der Waals surface area contributed by atoms with Crippen molar-refractivity contribution in [1.82, 2.24) is 4.90 Å². The molecule has 0 bridgehead atoms. The van der Waals surface area contributed by atoms with Gasteiger partial charge in [0.15, 0.2) is 5.96 Å².